The summed E-state index contributed by atoms with van der Waals surface area (Å²) in [5.41, 5.74) is 0.945. The first-order chi connectivity index (χ1) is 8.79. The van der Waals surface area contributed by atoms with E-state index in [1.807, 2.05) is 6.07 Å². The normalized spacial score (nSPS) is 24.1. The van der Waals surface area contributed by atoms with Crippen LogP contribution in [-0.2, 0) is 0 Å². The minimum atomic E-state index is -0.420. The van der Waals surface area contributed by atoms with Crippen molar-refractivity contribution in [2.75, 3.05) is 31.1 Å². The zero-order valence-corrected chi connectivity index (χ0v) is 10.3. The maximum absolute atomic E-state index is 13.6. The van der Waals surface area contributed by atoms with E-state index in [1.54, 1.807) is 6.07 Å². The maximum Gasteiger partial charge on any atom is 0.155 e. The van der Waals surface area contributed by atoms with Gasteiger partial charge in [0.25, 0.3) is 0 Å². The van der Waals surface area contributed by atoms with E-state index in [0.29, 0.717) is 12.3 Å². The molecule has 1 aromatic carbocycles. The molecule has 96 valence electrons. The topological polar surface area (TPSA) is 23.6 Å². The number of anilines is 1. The first kappa shape index (κ1) is 11.7. The van der Waals surface area contributed by atoms with Crippen molar-refractivity contribution in [3.8, 4) is 0 Å². The first-order valence-electron chi connectivity index (χ1n) is 6.52. The van der Waals surface area contributed by atoms with Gasteiger partial charge in [0, 0.05) is 25.7 Å². The van der Waals surface area contributed by atoms with Gasteiger partial charge in [-0.3, -0.25) is 9.69 Å². The summed E-state index contributed by atoms with van der Waals surface area (Å²) in [6.07, 6.45) is 3.09. The Morgan fingerprint density at radius 1 is 1.28 bits per heavy atom. The van der Waals surface area contributed by atoms with E-state index < -0.39 is 5.82 Å². The summed E-state index contributed by atoms with van der Waals surface area (Å²) in [6.45, 7) is 3.98. The molecule has 0 spiro atoms. The lowest BCUT2D eigenvalue weighted by Crippen LogP contribution is -2.50. The first-order valence-corrected chi connectivity index (χ1v) is 6.52. The zero-order valence-electron chi connectivity index (χ0n) is 10.3. The van der Waals surface area contributed by atoms with Crippen molar-refractivity contribution in [3.63, 3.8) is 0 Å². The second-order valence-corrected chi connectivity index (χ2v) is 5.07. The number of benzene rings is 1. The van der Waals surface area contributed by atoms with E-state index in [2.05, 4.69) is 9.80 Å². The Balaban J connectivity index is 1.87. The second-order valence-electron chi connectivity index (χ2n) is 5.07. The Labute approximate surface area is 106 Å². The van der Waals surface area contributed by atoms with Crippen LogP contribution in [0, 0.1) is 5.82 Å². The zero-order chi connectivity index (χ0) is 12.5. The van der Waals surface area contributed by atoms with Gasteiger partial charge in [-0.25, -0.2) is 4.39 Å². The number of aldehydes is 1. The lowest BCUT2D eigenvalue weighted by molar-refractivity contribution is 0.112. The predicted octanol–water partition coefficient (Wildman–Crippen LogP) is 1.92. The summed E-state index contributed by atoms with van der Waals surface area (Å²) < 4.78 is 13.6. The highest BCUT2D eigenvalue weighted by molar-refractivity contribution is 5.85. The number of fused-ring (bicyclic) bond motifs is 1. The third kappa shape index (κ3) is 1.90. The van der Waals surface area contributed by atoms with Crippen LogP contribution in [0.2, 0.25) is 0 Å². The molecule has 2 aliphatic heterocycles. The molecule has 18 heavy (non-hydrogen) atoms. The fourth-order valence-electron chi connectivity index (χ4n) is 3.13. The molecule has 3 rings (SSSR count). The Bertz CT molecular complexity index is 463. The molecular weight excluding hydrogens is 231 g/mol. The van der Waals surface area contributed by atoms with Crippen LogP contribution in [0.5, 0.6) is 0 Å². The molecule has 0 saturated carbocycles. The molecule has 2 saturated heterocycles. The average molecular weight is 248 g/mol. The number of nitrogens with zero attached hydrogens (tertiary/aromatic N) is 2. The highest BCUT2D eigenvalue weighted by Gasteiger charge is 2.31. The SMILES string of the molecule is O=Cc1c(F)cccc1N1CCN2CCCC2C1. The predicted molar refractivity (Wildman–Crippen MR) is 68.6 cm³/mol. The van der Waals surface area contributed by atoms with E-state index in [0.717, 1.165) is 25.3 Å². The second kappa shape index (κ2) is 4.69. The third-order valence-electron chi connectivity index (χ3n) is 4.08. The Hall–Kier alpha value is -1.42. The molecule has 1 atom stereocenters. The fourth-order valence-corrected chi connectivity index (χ4v) is 3.13. The number of hydrogen-bond donors (Lipinski definition) is 0. The van der Waals surface area contributed by atoms with Gasteiger partial charge < -0.3 is 4.90 Å². The van der Waals surface area contributed by atoms with Crippen LogP contribution in [0.25, 0.3) is 0 Å². The number of hydrogen-bond acceptors (Lipinski definition) is 3. The molecule has 0 aromatic heterocycles. The standard InChI is InChI=1S/C14H17FN2O/c15-13-4-1-5-14(12(13)10-18)17-8-7-16-6-2-3-11(16)9-17/h1,4-5,10-11H,2-3,6-9H2. The van der Waals surface area contributed by atoms with Crippen molar-refractivity contribution >= 4 is 12.0 Å². The summed E-state index contributed by atoms with van der Waals surface area (Å²) in [7, 11) is 0. The molecular formula is C14H17FN2O. The van der Waals surface area contributed by atoms with E-state index in [1.165, 1.54) is 25.5 Å². The maximum atomic E-state index is 13.6. The summed E-state index contributed by atoms with van der Waals surface area (Å²) >= 11 is 0. The van der Waals surface area contributed by atoms with Crippen LogP contribution >= 0.6 is 0 Å². The van der Waals surface area contributed by atoms with Crippen molar-refractivity contribution in [2.45, 2.75) is 18.9 Å². The summed E-state index contributed by atoms with van der Waals surface area (Å²) in [5, 5.41) is 0. The van der Waals surface area contributed by atoms with Crippen molar-refractivity contribution < 1.29 is 9.18 Å². The van der Waals surface area contributed by atoms with Crippen LogP contribution in [0.1, 0.15) is 23.2 Å². The van der Waals surface area contributed by atoms with Gasteiger partial charge in [0.05, 0.1) is 11.3 Å². The lowest BCUT2D eigenvalue weighted by Gasteiger charge is -2.39. The molecule has 2 heterocycles. The number of carbonyl (C=O) groups is 1. The van der Waals surface area contributed by atoms with E-state index in [9.17, 15) is 9.18 Å². The van der Waals surface area contributed by atoms with Crippen molar-refractivity contribution in [1.29, 1.82) is 0 Å². The number of rotatable bonds is 2. The van der Waals surface area contributed by atoms with Gasteiger partial charge in [-0.15, -0.1) is 0 Å². The Morgan fingerprint density at radius 3 is 3.00 bits per heavy atom. The van der Waals surface area contributed by atoms with Gasteiger partial charge in [-0.1, -0.05) is 6.07 Å². The highest BCUT2D eigenvalue weighted by atomic mass is 19.1. The van der Waals surface area contributed by atoms with Crippen LogP contribution in [0.3, 0.4) is 0 Å². The molecule has 4 heteroatoms. The van der Waals surface area contributed by atoms with Gasteiger partial charge in [-0.05, 0) is 31.5 Å². The molecule has 2 fully saturated rings. The monoisotopic (exact) mass is 248 g/mol. The molecule has 0 amide bonds. The van der Waals surface area contributed by atoms with E-state index in [-0.39, 0.29) is 5.56 Å². The van der Waals surface area contributed by atoms with Gasteiger partial charge in [0.1, 0.15) is 5.82 Å². The highest BCUT2D eigenvalue weighted by Crippen LogP contribution is 2.28. The quantitative estimate of drug-likeness (QED) is 0.747. The molecule has 1 aromatic rings. The van der Waals surface area contributed by atoms with Crippen molar-refractivity contribution in [1.82, 2.24) is 4.90 Å². The van der Waals surface area contributed by atoms with Crippen LogP contribution in [-0.4, -0.2) is 43.4 Å². The van der Waals surface area contributed by atoms with Crippen molar-refractivity contribution in [2.24, 2.45) is 0 Å². The summed E-state index contributed by atoms with van der Waals surface area (Å²) in [5.74, 6) is -0.420. The summed E-state index contributed by atoms with van der Waals surface area (Å²) in [6, 6.07) is 5.44. The van der Waals surface area contributed by atoms with Gasteiger partial charge in [0.2, 0.25) is 0 Å². The molecule has 0 aliphatic carbocycles. The molecule has 3 nitrogen and oxygen atoms in total. The van der Waals surface area contributed by atoms with Crippen LogP contribution < -0.4 is 4.90 Å². The molecule has 0 N–H and O–H groups in total. The minimum absolute atomic E-state index is 0.198. The third-order valence-corrected chi connectivity index (χ3v) is 4.08. The molecule has 0 radical (unpaired) electrons. The van der Waals surface area contributed by atoms with Crippen LogP contribution in [0.15, 0.2) is 18.2 Å². The van der Waals surface area contributed by atoms with E-state index >= 15 is 0 Å². The van der Waals surface area contributed by atoms with Gasteiger partial charge >= 0.3 is 0 Å². The molecule has 2 aliphatic rings. The Morgan fingerprint density at radius 2 is 2.17 bits per heavy atom. The average Bonchev–Trinajstić information content (AvgIpc) is 2.85. The van der Waals surface area contributed by atoms with Gasteiger partial charge in [-0.2, -0.15) is 0 Å². The molecule has 1 unspecified atom stereocenters. The minimum Gasteiger partial charge on any atom is -0.368 e. The summed E-state index contributed by atoms with van der Waals surface area (Å²) in [4.78, 5) is 15.7. The van der Waals surface area contributed by atoms with Crippen LogP contribution in [0.4, 0.5) is 10.1 Å². The largest absolute Gasteiger partial charge is 0.368 e. The number of piperazine rings is 1. The number of carbonyl (C=O) groups excluding carboxylic acids is 1. The number of halogens is 1. The van der Waals surface area contributed by atoms with E-state index in [4.69, 9.17) is 0 Å². The Kier molecular flexibility index (Phi) is 3.04. The molecule has 0 bridgehead atoms. The lowest BCUT2D eigenvalue weighted by atomic mass is 10.1. The van der Waals surface area contributed by atoms with Crippen molar-refractivity contribution in [3.05, 3.63) is 29.6 Å². The fraction of sp³-hybridized carbons (Fsp3) is 0.500. The smallest absolute Gasteiger partial charge is 0.155 e. The van der Waals surface area contributed by atoms with Gasteiger partial charge in [0.15, 0.2) is 6.29 Å².